The molecule has 3 N–H and O–H groups in total. The van der Waals surface area contributed by atoms with Crippen LogP contribution in [-0.4, -0.2) is 59.3 Å². The standard InChI is InChI=1S/C3H3NS.C2H4O2.Ca.H2O.2H/c1-2-5-3-4-1;1-2(3)4;;;;/h1-3H;1H3,(H,3,4);;1H2;;. The van der Waals surface area contributed by atoms with Crippen LogP contribution in [-0.2, 0) is 4.79 Å². The Kier molecular flexibility index (Phi) is 20.5. The van der Waals surface area contributed by atoms with Gasteiger partial charge in [-0.1, -0.05) is 0 Å². The molecule has 6 heteroatoms. The van der Waals surface area contributed by atoms with E-state index in [9.17, 15) is 0 Å². The van der Waals surface area contributed by atoms with Gasteiger partial charge in [-0.05, 0) is 0 Å². The first-order valence-corrected chi connectivity index (χ1v) is 3.19. The van der Waals surface area contributed by atoms with Gasteiger partial charge in [0.2, 0.25) is 0 Å². The summed E-state index contributed by atoms with van der Waals surface area (Å²) in [5.74, 6) is -0.833. The minimum Gasteiger partial charge on any atom is -0.253 e. The van der Waals surface area contributed by atoms with Gasteiger partial charge >= 0.3 is 37.7 Å². The van der Waals surface area contributed by atoms with E-state index in [1.807, 2.05) is 5.38 Å². The number of hydrogen-bond acceptors (Lipinski definition) is 3. The molecule has 4 nitrogen and oxygen atoms in total. The Labute approximate surface area is 98.6 Å². The smallest absolute Gasteiger partial charge is 0.0791 e. The first kappa shape index (κ1) is 17.4. The van der Waals surface area contributed by atoms with Crippen molar-refractivity contribution in [3.05, 3.63) is 17.1 Å². The molecule has 0 atom stereocenters. The van der Waals surface area contributed by atoms with Crippen LogP contribution in [0.2, 0.25) is 0 Å². The van der Waals surface area contributed by atoms with E-state index in [1.54, 1.807) is 23.0 Å². The Bertz CT molecular complexity index is 136. The summed E-state index contributed by atoms with van der Waals surface area (Å²) in [7, 11) is 0. The van der Waals surface area contributed by atoms with Gasteiger partial charge < -0.3 is 10.6 Å². The van der Waals surface area contributed by atoms with Gasteiger partial charge in [-0.3, -0.25) is 9.78 Å². The zero-order valence-corrected chi connectivity index (χ0v) is 6.26. The minimum atomic E-state index is -0.833. The van der Waals surface area contributed by atoms with Crippen molar-refractivity contribution in [2.45, 2.75) is 6.92 Å². The monoisotopic (exact) mass is 205 g/mol. The average Bonchev–Trinajstić information content (AvgIpc) is 2.11. The summed E-state index contributed by atoms with van der Waals surface area (Å²) in [5.41, 5.74) is 1.79. The summed E-state index contributed by atoms with van der Waals surface area (Å²) in [4.78, 5) is 12.7. The zero-order valence-electron chi connectivity index (χ0n) is 5.44. The fraction of sp³-hybridized carbons (Fsp3) is 0.200. The Morgan fingerprint density at radius 3 is 2.18 bits per heavy atom. The topological polar surface area (TPSA) is 81.7 Å². The third-order valence-electron chi connectivity index (χ3n) is 0.347. The quantitative estimate of drug-likeness (QED) is 0.579. The molecule has 0 aromatic carbocycles. The van der Waals surface area contributed by atoms with Gasteiger partial charge in [-0.15, -0.1) is 11.3 Å². The summed E-state index contributed by atoms with van der Waals surface area (Å²) in [6.45, 7) is 1.08. The predicted molar refractivity (Wildman–Crippen MR) is 47.6 cm³/mol. The van der Waals surface area contributed by atoms with Crippen molar-refractivity contribution in [1.82, 2.24) is 4.98 Å². The van der Waals surface area contributed by atoms with E-state index in [-0.39, 0.29) is 43.2 Å². The molecular formula is C5H11CaNO3S. The van der Waals surface area contributed by atoms with E-state index >= 15 is 0 Å². The second-order valence-electron chi connectivity index (χ2n) is 1.19. The van der Waals surface area contributed by atoms with Crippen molar-refractivity contribution in [2.75, 3.05) is 0 Å². The summed E-state index contributed by atoms with van der Waals surface area (Å²) in [6, 6.07) is 0. The van der Waals surface area contributed by atoms with Crippen LogP contribution in [0.15, 0.2) is 17.1 Å². The maximum Gasteiger partial charge on any atom is 0.0791 e. The van der Waals surface area contributed by atoms with Gasteiger partial charge in [0.05, 0.1) is 5.51 Å². The van der Waals surface area contributed by atoms with Crippen LogP contribution in [0, 0.1) is 0 Å². The van der Waals surface area contributed by atoms with E-state index in [1.165, 1.54) is 0 Å². The molecule has 62 valence electrons. The van der Waals surface area contributed by atoms with Gasteiger partial charge in [0.1, 0.15) is 0 Å². The number of carboxylic acids is 1. The van der Waals surface area contributed by atoms with Crippen molar-refractivity contribution < 1.29 is 15.4 Å². The molecule has 0 fully saturated rings. The molecule has 0 unspecified atom stereocenters. The van der Waals surface area contributed by atoms with Gasteiger partial charge in [0.25, 0.3) is 5.97 Å². The number of thiazole rings is 1. The number of nitrogens with zero attached hydrogens (tertiary/aromatic N) is 1. The molecule has 0 aliphatic heterocycles. The van der Waals surface area contributed by atoms with Crippen LogP contribution in [0.25, 0.3) is 0 Å². The van der Waals surface area contributed by atoms with E-state index < -0.39 is 5.97 Å². The van der Waals surface area contributed by atoms with Crippen LogP contribution in [0.5, 0.6) is 0 Å². The minimum absolute atomic E-state index is 0. The molecule has 0 saturated carbocycles. The van der Waals surface area contributed by atoms with Gasteiger partial charge in [0, 0.05) is 18.5 Å². The molecule has 0 saturated heterocycles. The van der Waals surface area contributed by atoms with Crippen LogP contribution in [0.1, 0.15) is 6.92 Å². The van der Waals surface area contributed by atoms with Crippen LogP contribution in [0.4, 0.5) is 0 Å². The van der Waals surface area contributed by atoms with Crippen molar-refractivity contribution in [1.29, 1.82) is 0 Å². The number of aromatic nitrogens is 1. The molecule has 1 heterocycles. The Morgan fingerprint density at radius 2 is 2.09 bits per heavy atom. The average molecular weight is 205 g/mol. The number of carbonyl (C=O) groups is 1. The molecule has 0 spiro atoms. The zero-order chi connectivity index (χ0) is 7.11. The van der Waals surface area contributed by atoms with E-state index in [0.29, 0.717) is 0 Å². The maximum absolute atomic E-state index is 9.00. The van der Waals surface area contributed by atoms with E-state index in [0.717, 1.165) is 6.92 Å². The van der Waals surface area contributed by atoms with Crippen molar-refractivity contribution >= 4 is 55.0 Å². The van der Waals surface area contributed by atoms with Crippen molar-refractivity contribution in [2.24, 2.45) is 0 Å². The fourth-order valence-corrected chi connectivity index (χ4v) is 0.527. The molecule has 1 aromatic rings. The first-order chi connectivity index (χ1) is 4.23. The normalized spacial score (nSPS) is 5.91. The van der Waals surface area contributed by atoms with E-state index in [4.69, 9.17) is 9.90 Å². The van der Waals surface area contributed by atoms with Crippen molar-refractivity contribution in [3.8, 4) is 0 Å². The summed E-state index contributed by atoms with van der Waals surface area (Å²) >= 11 is 1.60. The number of aliphatic carboxylic acids is 1. The predicted octanol–water partition coefficient (Wildman–Crippen LogP) is -0.507. The summed E-state index contributed by atoms with van der Waals surface area (Å²) in [6.07, 6.45) is 1.77. The molecule has 1 rings (SSSR count). The molecule has 11 heavy (non-hydrogen) atoms. The molecular weight excluding hydrogens is 194 g/mol. The summed E-state index contributed by atoms with van der Waals surface area (Å²) in [5, 5.41) is 9.35. The van der Waals surface area contributed by atoms with Gasteiger partial charge in [-0.25, -0.2) is 0 Å². The third kappa shape index (κ3) is 25.2. The Balaban J connectivity index is -0.000000101. The molecule has 0 amide bonds. The molecule has 0 bridgehead atoms. The molecule has 0 aliphatic rings. The van der Waals surface area contributed by atoms with Crippen molar-refractivity contribution in [3.63, 3.8) is 0 Å². The first-order valence-electron chi connectivity index (χ1n) is 2.25. The van der Waals surface area contributed by atoms with E-state index in [2.05, 4.69) is 4.98 Å². The van der Waals surface area contributed by atoms with Crippen LogP contribution < -0.4 is 0 Å². The third-order valence-corrected chi connectivity index (χ3v) is 0.869. The molecule has 1 aromatic heterocycles. The van der Waals surface area contributed by atoms with Gasteiger partial charge in [0.15, 0.2) is 0 Å². The fourth-order valence-electron chi connectivity index (χ4n) is 0.176. The maximum atomic E-state index is 9.00. The molecule has 0 aliphatic carbocycles. The second-order valence-corrected chi connectivity index (χ2v) is 1.95. The largest absolute Gasteiger partial charge is 0.253 e. The van der Waals surface area contributed by atoms with Crippen LogP contribution in [0.3, 0.4) is 0 Å². The molecule has 0 radical (unpaired) electrons. The number of hydrogen-bond donors (Lipinski definition) is 1. The van der Waals surface area contributed by atoms with Gasteiger partial charge in [-0.2, -0.15) is 0 Å². The Hall–Kier alpha value is 0.320. The summed E-state index contributed by atoms with van der Waals surface area (Å²) < 4.78 is 0. The van der Waals surface area contributed by atoms with Crippen LogP contribution >= 0.6 is 11.3 Å². The number of carboxylic acid groups (broad SMARTS) is 1. The number of rotatable bonds is 0. The second kappa shape index (κ2) is 12.9. The SMILES string of the molecule is CC(=O)O.O.[CaH2].c1cscn1. The Morgan fingerprint density at radius 1 is 1.64 bits per heavy atom.